The molecule has 3 fully saturated rings. The molecule has 1 amide bonds. The van der Waals surface area contributed by atoms with Gasteiger partial charge in [0.25, 0.3) is 5.91 Å². The van der Waals surface area contributed by atoms with Crippen molar-refractivity contribution >= 4 is 39.7 Å². The molecule has 0 aliphatic carbocycles. The predicted molar refractivity (Wildman–Crippen MR) is 98.7 cm³/mol. The van der Waals surface area contributed by atoms with Crippen molar-refractivity contribution in [2.45, 2.75) is 38.3 Å². The molecule has 2 aromatic rings. The molecular formula is C18H23ClN2OS. The molecule has 1 aromatic carbocycles. The summed E-state index contributed by atoms with van der Waals surface area (Å²) in [6.45, 7) is 6.88. The van der Waals surface area contributed by atoms with E-state index in [0.29, 0.717) is 5.92 Å². The van der Waals surface area contributed by atoms with E-state index in [0.717, 1.165) is 5.56 Å². The van der Waals surface area contributed by atoms with Crippen LogP contribution in [0.2, 0.25) is 0 Å². The zero-order valence-electron chi connectivity index (χ0n) is 13.5. The number of hydrogen-bond acceptors (Lipinski definition) is 3. The minimum absolute atomic E-state index is 0. The van der Waals surface area contributed by atoms with Crippen molar-refractivity contribution in [2.24, 2.45) is 5.92 Å². The Kier molecular flexibility index (Phi) is 4.43. The minimum atomic E-state index is 0. The lowest BCUT2D eigenvalue weighted by Crippen LogP contribution is -2.69. The lowest BCUT2D eigenvalue weighted by Gasteiger charge is -2.56. The van der Waals surface area contributed by atoms with Crippen LogP contribution >= 0.6 is 23.7 Å². The molecule has 5 heteroatoms. The van der Waals surface area contributed by atoms with E-state index in [2.05, 4.69) is 35.5 Å². The second-order valence-corrected chi connectivity index (χ2v) is 8.05. The average molecular weight is 351 g/mol. The molecule has 1 aromatic heterocycles. The van der Waals surface area contributed by atoms with E-state index in [1.54, 1.807) is 11.3 Å². The normalized spacial score (nSPS) is 28.3. The highest BCUT2D eigenvalue weighted by molar-refractivity contribution is 7.17. The van der Waals surface area contributed by atoms with Gasteiger partial charge in [-0.1, -0.05) is 6.07 Å². The molecule has 3 saturated heterocycles. The lowest BCUT2D eigenvalue weighted by molar-refractivity contribution is -0.0378. The molecule has 4 heterocycles. The number of carbonyl (C=O) groups excluding carboxylic acids is 1. The monoisotopic (exact) mass is 350 g/mol. The van der Waals surface area contributed by atoms with Crippen LogP contribution in [0.1, 0.15) is 37.0 Å². The van der Waals surface area contributed by atoms with Gasteiger partial charge >= 0.3 is 0 Å². The molecule has 124 valence electrons. The van der Waals surface area contributed by atoms with Crippen LogP contribution in [0.5, 0.6) is 0 Å². The zero-order chi connectivity index (χ0) is 15.3. The second-order valence-electron chi connectivity index (χ2n) is 7.10. The maximum Gasteiger partial charge on any atom is 0.251 e. The number of carbonyl (C=O) groups is 1. The summed E-state index contributed by atoms with van der Waals surface area (Å²) in [6, 6.07) is 8.35. The standard InChI is InChI=1S/C18H22N2OS.ClH/c1-18(2)16(13-5-8-20(18)9-6-13)19-17(21)14-4-3-12-7-10-22-15(12)11-14;/h3-4,7,10-11,13,16H,5-6,8-9H2,1-2H3,(H,19,21);1H/t16-;/m0./s1. The first-order valence-electron chi connectivity index (χ1n) is 8.09. The highest BCUT2D eigenvalue weighted by atomic mass is 35.5. The first kappa shape index (κ1) is 16.7. The first-order chi connectivity index (χ1) is 10.6. The first-order valence-corrected chi connectivity index (χ1v) is 8.97. The molecule has 0 spiro atoms. The molecule has 3 aliphatic heterocycles. The predicted octanol–water partition coefficient (Wildman–Crippen LogP) is 3.93. The van der Waals surface area contributed by atoms with E-state index in [1.165, 1.54) is 36.0 Å². The molecular weight excluding hydrogens is 328 g/mol. The molecule has 3 nitrogen and oxygen atoms in total. The van der Waals surface area contributed by atoms with Gasteiger partial charge in [-0.2, -0.15) is 0 Å². The van der Waals surface area contributed by atoms with Crippen LogP contribution in [0.25, 0.3) is 10.1 Å². The number of nitrogens with zero attached hydrogens (tertiary/aromatic N) is 1. The quantitative estimate of drug-likeness (QED) is 0.890. The van der Waals surface area contributed by atoms with E-state index >= 15 is 0 Å². The number of amides is 1. The van der Waals surface area contributed by atoms with Gasteiger partial charge in [0.05, 0.1) is 0 Å². The molecule has 3 aliphatic rings. The molecule has 2 bridgehead atoms. The zero-order valence-corrected chi connectivity index (χ0v) is 15.2. The third-order valence-corrected chi connectivity index (χ3v) is 6.47. The van der Waals surface area contributed by atoms with Crippen molar-refractivity contribution in [1.82, 2.24) is 10.2 Å². The number of thiophene rings is 1. The summed E-state index contributed by atoms with van der Waals surface area (Å²) in [5, 5.41) is 6.62. The van der Waals surface area contributed by atoms with Crippen LogP contribution < -0.4 is 5.32 Å². The summed E-state index contributed by atoms with van der Waals surface area (Å²) >= 11 is 1.69. The molecule has 23 heavy (non-hydrogen) atoms. The van der Waals surface area contributed by atoms with Crippen molar-refractivity contribution in [1.29, 1.82) is 0 Å². The Balaban J connectivity index is 0.00000156. The van der Waals surface area contributed by atoms with Gasteiger partial charge in [-0.15, -0.1) is 23.7 Å². The summed E-state index contributed by atoms with van der Waals surface area (Å²) in [6.07, 6.45) is 2.41. The van der Waals surface area contributed by atoms with Crippen LogP contribution in [0.3, 0.4) is 0 Å². The summed E-state index contributed by atoms with van der Waals surface area (Å²) in [5.41, 5.74) is 0.839. The topological polar surface area (TPSA) is 32.3 Å². The van der Waals surface area contributed by atoms with Gasteiger partial charge in [0, 0.05) is 21.8 Å². The van der Waals surface area contributed by atoms with Gasteiger partial charge in [-0.05, 0) is 74.7 Å². The van der Waals surface area contributed by atoms with E-state index in [-0.39, 0.29) is 29.9 Å². The van der Waals surface area contributed by atoms with Crippen LogP contribution in [0, 0.1) is 5.92 Å². The van der Waals surface area contributed by atoms with Gasteiger partial charge in [-0.25, -0.2) is 0 Å². The molecule has 0 radical (unpaired) electrons. The molecule has 0 saturated carbocycles. The molecule has 5 rings (SSSR count). The Morgan fingerprint density at radius 3 is 2.70 bits per heavy atom. The summed E-state index contributed by atoms with van der Waals surface area (Å²) < 4.78 is 1.18. The van der Waals surface area contributed by atoms with Crippen molar-refractivity contribution < 1.29 is 4.79 Å². The van der Waals surface area contributed by atoms with Crippen molar-refractivity contribution in [3.63, 3.8) is 0 Å². The largest absolute Gasteiger partial charge is 0.347 e. The SMILES string of the molecule is CC1(C)[C@@H](NC(=O)c2ccc3ccsc3c2)C2CCN1CC2.Cl. The molecule has 0 unspecified atom stereocenters. The van der Waals surface area contributed by atoms with Crippen LogP contribution in [0.15, 0.2) is 29.6 Å². The smallest absolute Gasteiger partial charge is 0.251 e. The van der Waals surface area contributed by atoms with Gasteiger partial charge in [0.15, 0.2) is 0 Å². The highest BCUT2D eigenvalue weighted by Crippen LogP contribution is 2.39. The Labute approximate surface area is 147 Å². The van der Waals surface area contributed by atoms with Gasteiger partial charge < -0.3 is 5.32 Å². The van der Waals surface area contributed by atoms with Crippen molar-refractivity contribution in [2.75, 3.05) is 13.1 Å². The van der Waals surface area contributed by atoms with Gasteiger partial charge in [0.1, 0.15) is 0 Å². The van der Waals surface area contributed by atoms with E-state index in [4.69, 9.17) is 0 Å². The average Bonchev–Trinajstić information content (AvgIpc) is 2.98. The number of fused-ring (bicyclic) bond motifs is 4. The lowest BCUT2D eigenvalue weighted by atomic mass is 9.72. The highest BCUT2D eigenvalue weighted by Gasteiger charge is 2.48. The third kappa shape index (κ3) is 2.77. The van der Waals surface area contributed by atoms with Gasteiger partial charge in [-0.3, -0.25) is 9.69 Å². The maximum absolute atomic E-state index is 12.7. The molecule has 1 atom stereocenters. The second kappa shape index (κ2) is 6.08. The fraction of sp³-hybridized carbons (Fsp3) is 0.500. The summed E-state index contributed by atoms with van der Waals surface area (Å²) in [4.78, 5) is 15.2. The van der Waals surface area contributed by atoms with E-state index < -0.39 is 0 Å². The summed E-state index contributed by atoms with van der Waals surface area (Å²) in [7, 11) is 0. The van der Waals surface area contributed by atoms with Gasteiger partial charge in [0.2, 0.25) is 0 Å². The van der Waals surface area contributed by atoms with Crippen LogP contribution in [0.4, 0.5) is 0 Å². The van der Waals surface area contributed by atoms with Crippen molar-refractivity contribution in [3.8, 4) is 0 Å². The number of rotatable bonds is 2. The number of hydrogen-bond donors (Lipinski definition) is 1. The van der Waals surface area contributed by atoms with Crippen LogP contribution in [-0.4, -0.2) is 35.5 Å². The number of nitrogens with one attached hydrogen (secondary N) is 1. The Morgan fingerprint density at radius 1 is 1.26 bits per heavy atom. The fourth-order valence-corrected chi connectivity index (χ4v) is 5.03. The fourth-order valence-electron chi connectivity index (χ4n) is 4.20. The van der Waals surface area contributed by atoms with E-state index in [9.17, 15) is 4.79 Å². The minimum Gasteiger partial charge on any atom is -0.347 e. The number of halogens is 1. The Morgan fingerprint density at radius 2 is 2.00 bits per heavy atom. The number of piperidine rings is 3. The Hall–Kier alpha value is -1.10. The summed E-state index contributed by atoms with van der Waals surface area (Å²) in [5.74, 6) is 0.691. The number of benzene rings is 1. The van der Waals surface area contributed by atoms with Crippen LogP contribution in [-0.2, 0) is 0 Å². The maximum atomic E-state index is 12.7. The van der Waals surface area contributed by atoms with Crippen molar-refractivity contribution in [3.05, 3.63) is 35.2 Å². The molecule has 1 N–H and O–H groups in total. The Bertz CT molecular complexity index is 719. The van der Waals surface area contributed by atoms with E-state index in [1.807, 2.05) is 18.2 Å². The third-order valence-electron chi connectivity index (χ3n) is 5.59.